The smallest absolute Gasteiger partial charge is 0.339 e. The zero-order valence-corrected chi connectivity index (χ0v) is 17.7. The summed E-state index contributed by atoms with van der Waals surface area (Å²) in [5.74, 6) is -0.178. The molecule has 8 heteroatoms. The molecule has 0 saturated carbocycles. The highest BCUT2D eigenvalue weighted by Crippen LogP contribution is 2.35. The van der Waals surface area contributed by atoms with Gasteiger partial charge in [0.1, 0.15) is 9.22 Å². The average Bonchev–Trinajstić information content (AvgIpc) is 3.00. The molecule has 1 N–H and O–H groups in total. The van der Waals surface area contributed by atoms with Crippen LogP contribution in [0.15, 0.2) is 70.5 Å². The summed E-state index contributed by atoms with van der Waals surface area (Å²) in [6.45, 7) is 1.87. The number of rotatable bonds is 4. The van der Waals surface area contributed by atoms with Crippen LogP contribution in [0, 0.1) is 6.92 Å². The molecule has 0 aromatic heterocycles. The van der Waals surface area contributed by atoms with Crippen molar-refractivity contribution in [1.29, 1.82) is 0 Å². The van der Waals surface area contributed by atoms with Gasteiger partial charge in [-0.2, -0.15) is 8.42 Å². The van der Waals surface area contributed by atoms with Crippen molar-refractivity contribution in [3.05, 3.63) is 76.7 Å². The summed E-state index contributed by atoms with van der Waals surface area (Å²) in [4.78, 5) is 12.6. The van der Waals surface area contributed by atoms with Gasteiger partial charge in [0.25, 0.3) is 5.91 Å². The van der Waals surface area contributed by atoms with Crippen LogP contribution in [0.3, 0.4) is 0 Å². The van der Waals surface area contributed by atoms with Crippen LogP contribution in [0.4, 0.5) is 0 Å². The lowest BCUT2D eigenvalue weighted by Crippen LogP contribution is -2.17. The first-order chi connectivity index (χ1) is 13.8. The number of fused-ring (bicyclic) bond motifs is 1. The molecule has 5 nitrogen and oxygen atoms in total. The third-order valence-electron chi connectivity index (χ3n) is 4.36. The largest absolute Gasteiger partial charge is 0.378 e. The molecular formula is C21H15NO4S3. The van der Waals surface area contributed by atoms with E-state index >= 15 is 0 Å². The number of aryl methyl sites for hydroxylation is 1. The Hall–Kier alpha value is -2.68. The highest BCUT2D eigenvalue weighted by atomic mass is 32.2. The van der Waals surface area contributed by atoms with E-state index in [0.717, 1.165) is 28.1 Å². The fourth-order valence-corrected chi connectivity index (χ4v) is 4.89. The van der Waals surface area contributed by atoms with Crippen LogP contribution in [0.5, 0.6) is 5.75 Å². The van der Waals surface area contributed by atoms with Gasteiger partial charge >= 0.3 is 10.1 Å². The van der Waals surface area contributed by atoms with Crippen molar-refractivity contribution >= 4 is 61.2 Å². The monoisotopic (exact) mass is 441 g/mol. The molecule has 1 fully saturated rings. The minimum atomic E-state index is -4.04. The maximum Gasteiger partial charge on any atom is 0.339 e. The molecule has 0 bridgehead atoms. The Bertz CT molecular complexity index is 1280. The standard InChI is InChI=1S/C21H15NO4S3/c1-13-6-9-15(10-7-13)29(24,25)26-18-11-8-14-4-2-3-5-16(14)17(18)12-19-20(23)22-21(27)28-19/h2-12H,1H3,(H,22,23,27)/b19-12-. The lowest BCUT2D eigenvalue weighted by atomic mass is 10.0. The summed E-state index contributed by atoms with van der Waals surface area (Å²) < 4.78 is 31.5. The van der Waals surface area contributed by atoms with Crippen LogP contribution in [-0.2, 0) is 14.9 Å². The van der Waals surface area contributed by atoms with Gasteiger partial charge in [0, 0.05) is 5.56 Å². The number of hydrogen-bond donors (Lipinski definition) is 1. The number of carbonyl (C=O) groups excluding carboxylic acids is 1. The Kier molecular flexibility index (Phi) is 5.16. The minimum absolute atomic E-state index is 0.0593. The molecule has 0 spiro atoms. The van der Waals surface area contributed by atoms with Gasteiger partial charge in [0.05, 0.1) is 4.91 Å². The number of carbonyl (C=O) groups is 1. The number of nitrogens with one attached hydrogen (secondary N) is 1. The van der Waals surface area contributed by atoms with Crippen LogP contribution in [0.2, 0.25) is 0 Å². The van der Waals surface area contributed by atoms with Gasteiger partial charge in [0.2, 0.25) is 0 Å². The van der Waals surface area contributed by atoms with Crippen molar-refractivity contribution in [3.63, 3.8) is 0 Å². The molecule has 0 atom stereocenters. The second-order valence-corrected chi connectivity index (χ2v) is 9.67. The molecule has 0 radical (unpaired) electrons. The van der Waals surface area contributed by atoms with E-state index in [2.05, 4.69) is 5.32 Å². The molecule has 1 saturated heterocycles. The van der Waals surface area contributed by atoms with Crippen molar-refractivity contribution in [2.45, 2.75) is 11.8 Å². The van der Waals surface area contributed by atoms with Gasteiger partial charge in [-0.3, -0.25) is 4.79 Å². The van der Waals surface area contributed by atoms with E-state index in [4.69, 9.17) is 16.4 Å². The van der Waals surface area contributed by atoms with E-state index < -0.39 is 10.1 Å². The summed E-state index contributed by atoms with van der Waals surface area (Å²) in [5, 5.41) is 4.22. The Morgan fingerprint density at radius 2 is 1.76 bits per heavy atom. The molecule has 29 heavy (non-hydrogen) atoms. The predicted octanol–water partition coefficient (Wildman–Crippen LogP) is 4.40. The topological polar surface area (TPSA) is 72.5 Å². The van der Waals surface area contributed by atoms with E-state index in [-0.39, 0.29) is 16.6 Å². The molecule has 146 valence electrons. The Labute approximate surface area is 177 Å². The normalized spacial score (nSPS) is 15.7. The van der Waals surface area contributed by atoms with Crippen LogP contribution in [0.1, 0.15) is 11.1 Å². The molecule has 1 heterocycles. The third kappa shape index (κ3) is 4.05. The fraction of sp³-hybridized carbons (Fsp3) is 0.0476. The number of hydrogen-bond acceptors (Lipinski definition) is 6. The average molecular weight is 442 g/mol. The van der Waals surface area contributed by atoms with Crippen molar-refractivity contribution < 1.29 is 17.4 Å². The Balaban J connectivity index is 1.84. The first kappa shape index (κ1) is 19.6. The molecule has 3 aromatic rings. The van der Waals surface area contributed by atoms with Crippen LogP contribution < -0.4 is 9.50 Å². The van der Waals surface area contributed by atoms with Gasteiger partial charge in [0.15, 0.2) is 5.75 Å². The Morgan fingerprint density at radius 1 is 1.03 bits per heavy atom. The number of thioether (sulfide) groups is 1. The van der Waals surface area contributed by atoms with Gasteiger partial charge in [-0.05, 0) is 42.0 Å². The predicted molar refractivity (Wildman–Crippen MR) is 119 cm³/mol. The summed E-state index contributed by atoms with van der Waals surface area (Å²) in [5.41, 5.74) is 1.45. The molecule has 4 rings (SSSR count). The summed E-state index contributed by atoms with van der Waals surface area (Å²) >= 11 is 6.17. The summed E-state index contributed by atoms with van der Waals surface area (Å²) in [7, 11) is -4.04. The summed E-state index contributed by atoms with van der Waals surface area (Å²) in [6, 6.07) is 17.3. The minimum Gasteiger partial charge on any atom is -0.378 e. The molecule has 3 aromatic carbocycles. The molecule has 0 aliphatic carbocycles. The van der Waals surface area contributed by atoms with Crippen molar-refractivity contribution in [2.24, 2.45) is 0 Å². The first-order valence-electron chi connectivity index (χ1n) is 8.61. The third-order valence-corrected chi connectivity index (χ3v) is 6.77. The second kappa shape index (κ2) is 7.62. The first-order valence-corrected chi connectivity index (χ1v) is 11.2. The van der Waals surface area contributed by atoms with Crippen LogP contribution >= 0.6 is 24.0 Å². The number of amides is 1. The second-order valence-electron chi connectivity index (χ2n) is 6.40. The zero-order chi connectivity index (χ0) is 20.6. The van der Waals surface area contributed by atoms with Crippen molar-refractivity contribution in [3.8, 4) is 5.75 Å². The quantitative estimate of drug-likeness (QED) is 0.367. The Morgan fingerprint density at radius 3 is 2.45 bits per heavy atom. The highest BCUT2D eigenvalue weighted by Gasteiger charge is 2.24. The van der Waals surface area contributed by atoms with E-state index in [0.29, 0.717) is 14.8 Å². The highest BCUT2D eigenvalue weighted by molar-refractivity contribution is 8.26. The molecular weight excluding hydrogens is 426 g/mol. The van der Waals surface area contributed by atoms with Gasteiger partial charge in [-0.25, -0.2) is 0 Å². The molecule has 0 unspecified atom stereocenters. The fourth-order valence-electron chi connectivity index (χ4n) is 2.92. The van der Waals surface area contributed by atoms with Crippen LogP contribution in [0.25, 0.3) is 16.8 Å². The van der Waals surface area contributed by atoms with Crippen molar-refractivity contribution in [1.82, 2.24) is 5.32 Å². The number of benzene rings is 3. The van der Waals surface area contributed by atoms with Crippen LogP contribution in [-0.4, -0.2) is 18.6 Å². The molecule has 1 amide bonds. The molecule has 1 aliphatic heterocycles. The molecule has 1 aliphatic rings. The van der Waals surface area contributed by atoms with E-state index in [1.54, 1.807) is 30.3 Å². The number of thiocarbonyl (C=S) groups is 1. The maximum atomic E-state index is 12.8. The SMILES string of the molecule is Cc1ccc(S(=O)(=O)Oc2ccc3ccccc3c2/C=C2\SC(=S)NC2=O)cc1. The zero-order valence-electron chi connectivity index (χ0n) is 15.2. The van der Waals surface area contributed by atoms with Gasteiger partial charge in [-0.1, -0.05) is 72.0 Å². The lowest BCUT2D eigenvalue weighted by Gasteiger charge is -2.12. The van der Waals surface area contributed by atoms with Crippen molar-refractivity contribution in [2.75, 3.05) is 0 Å². The van der Waals surface area contributed by atoms with E-state index in [9.17, 15) is 13.2 Å². The van der Waals surface area contributed by atoms with E-state index in [1.165, 1.54) is 12.1 Å². The maximum absolute atomic E-state index is 12.8. The summed E-state index contributed by atoms with van der Waals surface area (Å²) in [6.07, 6.45) is 1.61. The lowest BCUT2D eigenvalue weighted by molar-refractivity contribution is -0.115. The van der Waals surface area contributed by atoms with Gasteiger partial charge in [-0.15, -0.1) is 0 Å². The van der Waals surface area contributed by atoms with E-state index in [1.807, 2.05) is 31.2 Å². The van der Waals surface area contributed by atoms with Gasteiger partial charge < -0.3 is 9.50 Å².